The molecule has 1 heterocycles. The zero-order chi connectivity index (χ0) is 27.9. The van der Waals surface area contributed by atoms with E-state index in [1.807, 2.05) is 66.7 Å². The molecule has 0 bridgehead atoms. The third kappa shape index (κ3) is 6.08. The molecule has 0 atom stereocenters. The van der Waals surface area contributed by atoms with Crippen LogP contribution in [0.2, 0.25) is 0 Å². The minimum absolute atomic E-state index is 0.166. The second kappa shape index (κ2) is 12.4. The van der Waals surface area contributed by atoms with Crippen LogP contribution in [-0.4, -0.2) is 53.3 Å². The van der Waals surface area contributed by atoms with Crippen LogP contribution < -0.4 is 5.32 Å². The van der Waals surface area contributed by atoms with Crippen LogP contribution in [0.15, 0.2) is 103 Å². The molecule has 0 aliphatic heterocycles. The summed E-state index contributed by atoms with van der Waals surface area (Å²) in [4.78, 5) is 28.6. The van der Waals surface area contributed by atoms with Gasteiger partial charge in [0.1, 0.15) is 18.2 Å². The lowest BCUT2D eigenvalue weighted by atomic mass is 10.0. The predicted octanol–water partition coefficient (Wildman–Crippen LogP) is 5.95. The molecule has 0 saturated heterocycles. The molecule has 0 spiro atoms. The van der Waals surface area contributed by atoms with Crippen LogP contribution in [-0.2, 0) is 9.53 Å². The second-order valence-corrected chi connectivity index (χ2v) is 9.32. The molecular formula is C32H29FN4O3. The molecule has 0 aliphatic rings. The molecule has 5 rings (SSSR count). The van der Waals surface area contributed by atoms with Gasteiger partial charge in [0.15, 0.2) is 0 Å². The van der Waals surface area contributed by atoms with E-state index in [-0.39, 0.29) is 24.2 Å². The molecule has 1 aromatic heterocycles. The zero-order valence-corrected chi connectivity index (χ0v) is 22.1. The van der Waals surface area contributed by atoms with Crippen molar-refractivity contribution in [3.63, 3.8) is 0 Å². The molecule has 0 unspecified atom stereocenters. The van der Waals surface area contributed by atoms with Crippen LogP contribution in [0.5, 0.6) is 0 Å². The smallest absolute Gasteiger partial charge is 0.254 e. The summed E-state index contributed by atoms with van der Waals surface area (Å²) in [7, 11) is 1.60. The normalized spacial score (nSPS) is 10.9. The van der Waals surface area contributed by atoms with Gasteiger partial charge in [-0.2, -0.15) is 5.10 Å². The van der Waals surface area contributed by atoms with E-state index in [2.05, 4.69) is 10.4 Å². The second-order valence-electron chi connectivity index (χ2n) is 9.32. The van der Waals surface area contributed by atoms with Crippen LogP contribution in [0.4, 0.5) is 10.2 Å². The zero-order valence-electron chi connectivity index (χ0n) is 22.1. The number of anilines is 1. The van der Waals surface area contributed by atoms with Crippen LogP contribution in [0, 0.1) is 5.82 Å². The monoisotopic (exact) mass is 536 g/mol. The van der Waals surface area contributed by atoms with Crippen molar-refractivity contribution in [2.45, 2.75) is 6.42 Å². The van der Waals surface area contributed by atoms with Gasteiger partial charge in [0, 0.05) is 37.5 Å². The standard InChI is InChI=1S/C32H29FN4O3/c1-40-20-8-19-36(32(39)28-14-7-12-23-9-5-6-13-27(23)28)22-31(38)34-30-21-29(24-10-3-2-4-11-24)35-37(30)26-17-15-25(33)16-18-26/h2-7,9-18,21H,8,19-20,22H2,1H3,(H,34,38). The number of rotatable bonds is 10. The van der Waals surface area contributed by atoms with Crippen LogP contribution in [0.25, 0.3) is 27.7 Å². The molecule has 5 aromatic rings. The van der Waals surface area contributed by atoms with Crippen molar-refractivity contribution in [3.05, 3.63) is 115 Å². The first-order chi connectivity index (χ1) is 19.5. The van der Waals surface area contributed by atoms with E-state index in [4.69, 9.17) is 4.74 Å². The van der Waals surface area contributed by atoms with E-state index in [9.17, 15) is 14.0 Å². The van der Waals surface area contributed by atoms with Crippen LogP contribution in [0.3, 0.4) is 0 Å². The van der Waals surface area contributed by atoms with E-state index in [0.29, 0.717) is 42.3 Å². The third-order valence-corrected chi connectivity index (χ3v) is 6.54. The van der Waals surface area contributed by atoms with Gasteiger partial charge in [-0.3, -0.25) is 9.59 Å². The van der Waals surface area contributed by atoms with Gasteiger partial charge in [0.25, 0.3) is 5.91 Å². The van der Waals surface area contributed by atoms with E-state index >= 15 is 0 Å². The number of ether oxygens (including phenoxy) is 1. The molecule has 2 amide bonds. The van der Waals surface area contributed by atoms with Gasteiger partial charge in [0.05, 0.1) is 11.4 Å². The Bertz CT molecular complexity index is 1610. The van der Waals surface area contributed by atoms with Crippen molar-refractivity contribution in [2.24, 2.45) is 0 Å². The van der Waals surface area contributed by atoms with Crippen molar-refractivity contribution >= 4 is 28.4 Å². The van der Waals surface area contributed by atoms with Gasteiger partial charge in [-0.15, -0.1) is 0 Å². The van der Waals surface area contributed by atoms with Crippen molar-refractivity contribution in [1.29, 1.82) is 0 Å². The molecule has 0 saturated carbocycles. The number of halogens is 1. The number of carbonyl (C=O) groups is 2. The third-order valence-electron chi connectivity index (χ3n) is 6.54. The van der Waals surface area contributed by atoms with Gasteiger partial charge < -0.3 is 15.0 Å². The van der Waals surface area contributed by atoms with E-state index in [0.717, 1.165) is 16.3 Å². The van der Waals surface area contributed by atoms with Gasteiger partial charge in [-0.05, 0) is 47.5 Å². The summed E-state index contributed by atoms with van der Waals surface area (Å²) in [5.74, 6) is -0.581. The molecular weight excluding hydrogens is 507 g/mol. The molecule has 0 radical (unpaired) electrons. The number of methoxy groups -OCH3 is 1. The van der Waals surface area contributed by atoms with Crippen molar-refractivity contribution in [3.8, 4) is 16.9 Å². The number of nitrogens with zero attached hydrogens (tertiary/aromatic N) is 3. The molecule has 40 heavy (non-hydrogen) atoms. The minimum Gasteiger partial charge on any atom is -0.385 e. The Morgan fingerprint density at radius 1 is 0.925 bits per heavy atom. The van der Waals surface area contributed by atoms with Crippen LogP contribution >= 0.6 is 0 Å². The largest absolute Gasteiger partial charge is 0.385 e. The summed E-state index contributed by atoms with van der Waals surface area (Å²) in [6, 6.07) is 30.4. The number of benzene rings is 4. The highest BCUT2D eigenvalue weighted by atomic mass is 19.1. The average Bonchev–Trinajstić information content (AvgIpc) is 3.40. The molecule has 0 fully saturated rings. The van der Waals surface area contributed by atoms with E-state index in [1.54, 1.807) is 36.1 Å². The maximum Gasteiger partial charge on any atom is 0.254 e. The Hall–Kier alpha value is -4.82. The number of aromatic nitrogens is 2. The summed E-state index contributed by atoms with van der Waals surface area (Å²) in [5.41, 5.74) is 2.63. The van der Waals surface area contributed by atoms with E-state index in [1.165, 1.54) is 17.0 Å². The topological polar surface area (TPSA) is 76.5 Å². The van der Waals surface area contributed by atoms with Gasteiger partial charge in [-0.1, -0.05) is 66.7 Å². The Morgan fingerprint density at radius 3 is 2.42 bits per heavy atom. The SMILES string of the molecule is COCCCN(CC(=O)Nc1cc(-c2ccccc2)nn1-c1ccc(F)cc1)C(=O)c1cccc2ccccc12. The summed E-state index contributed by atoms with van der Waals surface area (Å²) >= 11 is 0. The van der Waals surface area contributed by atoms with Crippen molar-refractivity contribution in [1.82, 2.24) is 14.7 Å². The highest BCUT2D eigenvalue weighted by Gasteiger charge is 2.22. The molecule has 202 valence electrons. The fourth-order valence-electron chi connectivity index (χ4n) is 4.59. The number of amides is 2. The Kier molecular flexibility index (Phi) is 8.27. The maximum absolute atomic E-state index is 13.7. The fraction of sp³-hybridized carbons (Fsp3) is 0.156. The molecule has 4 aromatic carbocycles. The summed E-state index contributed by atoms with van der Waals surface area (Å²) in [6.07, 6.45) is 0.575. The lowest BCUT2D eigenvalue weighted by Gasteiger charge is -2.23. The number of hydrogen-bond donors (Lipinski definition) is 1. The highest BCUT2D eigenvalue weighted by molar-refractivity contribution is 6.08. The number of nitrogens with one attached hydrogen (secondary N) is 1. The Balaban J connectivity index is 1.43. The lowest BCUT2D eigenvalue weighted by molar-refractivity contribution is -0.117. The maximum atomic E-state index is 13.7. The van der Waals surface area contributed by atoms with Crippen LogP contribution in [0.1, 0.15) is 16.8 Å². The van der Waals surface area contributed by atoms with E-state index < -0.39 is 0 Å². The highest BCUT2D eigenvalue weighted by Crippen LogP contribution is 2.25. The first kappa shape index (κ1) is 26.8. The molecule has 1 N–H and O–H groups in total. The molecule has 7 nitrogen and oxygen atoms in total. The summed E-state index contributed by atoms with van der Waals surface area (Å²) < 4.78 is 20.4. The summed E-state index contributed by atoms with van der Waals surface area (Å²) in [5, 5.41) is 9.37. The summed E-state index contributed by atoms with van der Waals surface area (Å²) in [6.45, 7) is 0.634. The molecule has 0 aliphatic carbocycles. The van der Waals surface area contributed by atoms with Gasteiger partial charge in [0.2, 0.25) is 5.91 Å². The fourth-order valence-corrected chi connectivity index (χ4v) is 4.59. The lowest BCUT2D eigenvalue weighted by Crippen LogP contribution is -2.39. The molecule has 8 heteroatoms. The van der Waals surface area contributed by atoms with Gasteiger partial charge >= 0.3 is 0 Å². The quantitative estimate of drug-likeness (QED) is 0.224. The first-order valence-electron chi connectivity index (χ1n) is 13.0. The van der Waals surface area contributed by atoms with Crippen molar-refractivity contribution in [2.75, 3.05) is 32.1 Å². The minimum atomic E-state index is -0.381. The number of carbonyl (C=O) groups excluding carboxylic acids is 2. The van der Waals surface area contributed by atoms with Crippen molar-refractivity contribution < 1.29 is 18.7 Å². The Labute approximate surface area is 231 Å². The predicted molar refractivity (Wildman–Crippen MR) is 154 cm³/mol. The average molecular weight is 537 g/mol. The van der Waals surface area contributed by atoms with Gasteiger partial charge in [-0.25, -0.2) is 9.07 Å². The first-order valence-corrected chi connectivity index (χ1v) is 13.0. The number of hydrogen-bond acceptors (Lipinski definition) is 4. The Morgan fingerprint density at radius 2 is 1.65 bits per heavy atom. The number of fused-ring (bicyclic) bond motifs is 1.